The monoisotopic (exact) mass is 263 g/mol. The topological polar surface area (TPSA) is 29.1 Å². The summed E-state index contributed by atoms with van der Waals surface area (Å²) in [5.41, 5.74) is 0.711. The van der Waals surface area contributed by atoms with E-state index in [9.17, 15) is 4.79 Å². The lowest BCUT2D eigenvalue weighted by atomic mass is 9.83. The van der Waals surface area contributed by atoms with Gasteiger partial charge in [0, 0.05) is 16.5 Å². The van der Waals surface area contributed by atoms with Gasteiger partial charge < -0.3 is 5.32 Å². The first kappa shape index (κ1) is 13.5. The summed E-state index contributed by atoms with van der Waals surface area (Å²) in [6.07, 6.45) is 6.04. The molecule has 1 aliphatic carbocycles. The molecule has 0 bridgehead atoms. The molecule has 1 aromatic rings. The van der Waals surface area contributed by atoms with Gasteiger partial charge in [0.1, 0.15) is 0 Å². The average Bonchev–Trinajstić information content (AvgIpc) is 2.39. The molecule has 0 saturated heterocycles. The van der Waals surface area contributed by atoms with E-state index in [2.05, 4.69) is 24.9 Å². The Balaban J connectivity index is 2.02. The van der Waals surface area contributed by atoms with E-state index in [1.807, 2.05) is 24.3 Å². The first-order chi connectivity index (χ1) is 8.70. The zero-order valence-corrected chi connectivity index (χ0v) is 11.7. The normalized spacial score (nSPS) is 23.7. The fraction of sp³-hybridized carbons (Fsp3) is 0.533. The predicted octanol–water partition coefficient (Wildman–Crippen LogP) is 3.67. The first-order valence-corrected chi connectivity index (χ1v) is 7.25. The summed E-state index contributed by atoms with van der Waals surface area (Å²) in [7, 11) is 0. The Morgan fingerprint density at radius 3 is 2.89 bits per heavy atom. The van der Waals surface area contributed by atoms with Crippen LogP contribution in [0.5, 0.6) is 0 Å². The minimum absolute atomic E-state index is 0.0382. The van der Waals surface area contributed by atoms with E-state index in [4.69, 9.17) is 0 Å². The Morgan fingerprint density at radius 2 is 2.17 bits per heavy atom. The molecule has 2 nitrogen and oxygen atoms in total. The van der Waals surface area contributed by atoms with Crippen LogP contribution in [0.3, 0.4) is 0 Å². The summed E-state index contributed by atoms with van der Waals surface area (Å²) >= 11 is 4.27. The second kappa shape index (κ2) is 6.28. The molecule has 0 aliphatic heterocycles. The molecule has 1 aromatic carbocycles. The molecule has 2 atom stereocenters. The lowest BCUT2D eigenvalue weighted by Crippen LogP contribution is -2.41. The smallest absolute Gasteiger partial charge is 0.251 e. The van der Waals surface area contributed by atoms with E-state index in [-0.39, 0.29) is 5.91 Å². The summed E-state index contributed by atoms with van der Waals surface area (Å²) in [4.78, 5) is 13.0. The van der Waals surface area contributed by atoms with Crippen molar-refractivity contribution in [2.75, 3.05) is 0 Å². The van der Waals surface area contributed by atoms with Gasteiger partial charge in [-0.05, 0) is 37.0 Å². The van der Waals surface area contributed by atoms with Gasteiger partial charge in [0.25, 0.3) is 5.91 Å². The van der Waals surface area contributed by atoms with Crippen LogP contribution < -0.4 is 5.32 Å². The maximum absolute atomic E-state index is 12.2. The van der Waals surface area contributed by atoms with Crippen LogP contribution in [0.1, 0.15) is 49.4 Å². The summed E-state index contributed by atoms with van der Waals surface area (Å²) in [6.45, 7) is 2.21. The Bertz CT molecular complexity index is 419. The number of carbonyl (C=O) groups excluding carboxylic acids is 1. The Kier molecular flexibility index (Phi) is 4.70. The Morgan fingerprint density at radius 1 is 1.39 bits per heavy atom. The predicted molar refractivity (Wildman–Crippen MR) is 77.2 cm³/mol. The van der Waals surface area contributed by atoms with Crippen molar-refractivity contribution in [3.63, 3.8) is 0 Å². The van der Waals surface area contributed by atoms with E-state index >= 15 is 0 Å². The second-order valence-electron chi connectivity index (χ2n) is 5.08. The molecule has 0 heterocycles. The number of thiol groups is 1. The highest BCUT2D eigenvalue weighted by molar-refractivity contribution is 7.80. The van der Waals surface area contributed by atoms with E-state index in [0.717, 1.165) is 17.7 Å². The van der Waals surface area contributed by atoms with Crippen molar-refractivity contribution in [3.8, 4) is 0 Å². The molecule has 0 radical (unpaired) electrons. The molecular weight excluding hydrogens is 242 g/mol. The number of hydrogen-bond acceptors (Lipinski definition) is 2. The molecule has 2 rings (SSSR count). The summed E-state index contributed by atoms with van der Waals surface area (Å²) < 4.78 is 0. The molecule has 1 amide bonds. The SMILES string of the molecule is CCC1CCCCC1NC(=O)c1cccc(S)c1. The molecule has 1 saturated carbocycles. The van der Waals surface area contributed by atoms with Crippen molar-refractivity contribution in [2.24, 2.45) is 5.92 Å². The number of carbonyl (C=O) groups is 1. The zero-order valence-electron chi connectivity index (χ0n) is 10.9. The van der Waals surface area contributed by atoms with E-state index in [1.54, 1.807) is 0 Å². The van der Waals surface area contributed by atoms with Gasteiger partial charge in [-0.1, -0.05) is 32.3 Å². The average molecular weight is 263 g/mol. The van der Waals surface area contributed by atoms with E-state index < -0.39 is 0 Å². The number of hydrogen-bond donors (Lipinski definition) is 2. The lowest BCUT2D eigenvalue weighted by molar-refractivity contribution is 0.0904. The molecule has 3 heteroatoms. The fourth-order valence-electron chi connectivity index (χ4n) is 2.79. The molecule has 2 unspecified atom stereocenters. The van der Waals surface area contributed by atoms with Gasteiger partial charge in [-0.3, -0.25) is 4.79 Å². The van der Waals surface area contributed by atoms with Crippen molar-refractivity contribution in [2.45, 2.75) is 50.0 Å². The van der Waals surface area contributed by atoms with Gasteiger partial charge in [0.15, 0.2) is 0 Å². The van der Waals surface area contributed by atoms with Gasteiger partial charge >= 0.3 is 0 Å². The third-order valence-corrected chi connectivity index (χ3v) is 4.14. The number of nitrogens with one attached hydrogen (secondary N) is 1. The highest BCUT2D eigenvalue weighted by Crippen LogP contribution is 2.27. The molecule has 1 aliphatic rings. The molecule has 18 heavy (non-hydrogen) atoms. The summed E-state index contributed by atoms with van der Waals surface area (Å²) in [6, 6.07) is 7.77. The van der Waals surface area contributed by atoms with Crippen LogP contribution in [0.4, 0.5) is 0 Å². The third-order valence-electron chi connectivity index (χ3n) is 3.86. The van der Waals surface area contributed by atoms with Gasteiger partial charge in [0.2, 0.25) is 0 Å². The van der Waals surface area contributed by atoms with Crippen LogP contribution in [0, 0.1) is 5.92 Å². The van der Waals surface area contributed by atoms with Crippen LogP contribution in [0.25, 0.3) is 0 Å². The highest BCUT2D eigenvalue weighted by Gasteiger charge is 2.25. The maximum atomic E-state index is 12.2. The van der Waals surface area contributed by atoms with Crippen LogP contribution in [-0.4, -0.2) is 11.9 Å². The summed E-state index contributed by atoms with van der Waals surface area (Å²) in [5, 5.41) is 3.19. The fourth-order valence-corrected chi connectivity index (χ4v) is 3.01. The van der Waals surface area contributed by atoms with Crippen molar-refractivity contribution >= 4 is 18.5 Å². The molecule has 0 spiro atoms. The molecule has 1 N–H and O–H groups in total. The van der Waals surface area contributed by atoms with Crippen molar-refractivity contribution in [3.05, 3.63) is 29.8 Å². The lowest BCUT2D eigenvalue weighted by Gasteiger charge is -2.31. The first-order valence-electron chi connectivity index (χ1n) is 6.80. The zero-order chi connectivity index (χ0) is 13.0. The molecular formula is C15H21NOS. The number of rotatable bonds is 3. The minimum atomic E-state index is 0.0382. The van der Waals surface area contributed by atoms with Gasteiger partial charge in [-0.2, -0.15) is 0 Å². The van der Waals surface area contributed by atoms with Crippen LogP contribution in [0.2, 0.25) is 0 Å². The second-order valence-corrected chi connectivity index (χ2v) is 5.60. The largest absolute Gasteiger partial charge is 0.349 e. The van der Waals surface area contributed by atoms with Gasteiger partial charge in [-0.25, -0.2) is 0 Å². The van der Waals surface area contributed by atoms with Crippen LogP contribution in [-0.2, 0) is 0 Å². The third kappa shape index (κ3) is 3.29. The minimum Gasteiger partial charge on any atom is -0.349 e. The maximum Gasteiger partial charge on any atom is 0.251 e. The molecule has 98 valence electrons. The van der Waals surface area contributed by atoms with Gasteiger partial charge in [-0.15, -0.1) is 12.6 Å². The van der Waals surface area contributed by atoms with Crippen LogP contribution in [0.15, 0.2) is 29.2 Å². The Labute approximate surface area is 115 Å². The number of amides is 1. The Hall–Kier alpha value is -0.960. The standard InChI is InChI=1S/C15H21NOS/c1-2-11-6-3-4-9-14(11)16-15(17)12-7-5-8-13(18)10-12/h5,7-8,10-11,14,18H,2-4,6,9H2,1H3,(H,16,17). The van der Waals surface area contributed by atoms with E-state index in [1.165, 1.54) is 19.3 Å². The van der Waals surface area contributed by atoms with Crippen molar-refractivity contribution < 1.29 is 4.79 Å². The van der Waals surface area contributed by atoms with Crippen LogP contribution >= 0.6 is 12.6 Å². The van der Waals surface area contributed by atoms with Gasteiger partial charge in [0.05, 0.1) is 0 Å². The van der Waals surface area contributed by atoms with Crippen molar-refractivity contribution in [1.82, 2.24) is 5.32 Å². The molecule has 0 aromatic heterocycles. The summed E-state index contributed by atoms with van der Waals surface area (Å²) in [5.74, 6) is 0.679. The number of benzene rings is 1. The quantitative estimate of drug-likeness (QED) is 0.800. The highest BCUT2D eigenvalue weighted by atomic mass is 32.1. The van der Waals surface area contributed by atoms with Crippen molar-refractivity contribution in [1.29, 1.82) is 0 Å². The molecule has 1 fully saturated rings. The van der Waals surface area contributed by atoms with E-state index in [0.29, 0.717) is 17.5 Å².